The maximum absolute atomic E-state index is 13.1. The molecule has 2 aromatic carbocycles. The summed E-state index contributed by atoms with van der Waals surface area (Å²) < 4.78 is 3.85. The lowest BCUT2D eigenvalue weighted by molar-refractivity contribution is 0.0899. The summed E-state index contributed by atoms with van der Waals surface area (Å²) in [5.41, 5.74) is 4.63. The Balaban J connectivity index is 1.34. The molecular weight excluding hydrogens is 450 g/mol. The monoisotopic (exact) mass is 479 g/mol. The predicted molar refractivity (Wildman–Crippen MR) is 142 cm³/mol. The molecule has 0 bridgehead atoms. The number of aromatic nitrogens is 4. The summed E-state index contributed by atoms with van der Waals surface area (Å²) in [6.07, 6.45) is 1.92. The number of aryl methyl sites for hydroxylation is 1. The van der Waals surface area contributed by atoms with Gasteiger partial charge in [-0.15, -0.1) is 5.10 Å². The molecule has 0 unspecified atom stereocenters. The Morgan fingerprint density at radius 2 is 1.83 bits per heavy atom. The molecule has 4 heterocycles. The van der Waals surface area contributed by atoms with Crippen molar-refractivity contribution in [3.05, 3.63) is 89.7 Å². The SMILES string of the molecule is Cc1cc2c(C(=O)NCC3CN(C)C3)cccc2n1-c1nc(NCc2ccccc2)c2cccn2n1. The second-order valence-electron chi connectivity index (χ2n) is 9.59. The molecule has 1 aliphatic heterocycles. The molecule has 182 valence electrons. The van der Waals surface area contributed by atoms with Crippen molar-refractivity contribution in [1.82, 2.24) is 29.4 Å². The number of benzene rings is 2. The molecule has 1 saturated heterocycles. The molecule has 0 aliphatic carbocycles. The van der Waals surface area contributed by atoms with E-state index in [1.54, 1.807) is 0 Å². The lowest BCUT2D eigenvalue weighted by atomic mass is 10.0. The Morgan fingerprint density at radius 1 is 1.03 bits per heavy atom. The molecule has 6 rings (SSSR count). The second-order valence-corrected chi connectivity index (χ2v) is 9.59. The van der Waals surface area contributed by atoms with Gasteiger partial charge in [0.15, 0.2) is 5.82 Å². The van der Waals surface area contributed by atoms with E-state index in [4.69, 9.17) is 10.1 Å². The van der Waals surface area contributed by atoms with E-state index in [1.165, 1.54) is 5.56 Å². The maximum atomic E-state index is 13.1. The van der Waals surface area contributed by atoms with Crippen molar-refractivity contribution >= 4 is 28.1 Å². The molecule has 0 spiro atoms. The Kier molecular flexibility index (Phi) is 5.65. The topological polar surface area (TPSA) is 79.5 Å². The predicted octanol–water partition coefficient (Wildman–Crippen LogP) is 3.89. The third kappa shape index (κ3) is 4.09. The van der Waals surface area contributed by atoms with Crippen molar-refractivity contribution in [2.24, 2.45) is 5.92 Å². The maximum Gasteiger partial charge on any atom is 0.254 e. The zero-order valence-electron chi connectivity index (χ0n) is 20.5. The number of nitrogens with one attached hydrogen (secondary N) is 2. The van der Waals surface area contributed by atoms with Gasteiger partial charge in [0.1, 0.15) is 5.52 Å². The fraction of sp³-hybridized carbons (Fsp3) is 0.250. The van der Waals surface area contributed by atoms with Crippen LogP contribution in [0.1, 0.15) is 21.6 Å². The summed E-state index contributed by atoms with van der Waals surface area (Å²) in [4.78, 5) is 20.2. The summed E-state index contributed by atoms with van der Waals surface area (Å²) in [5, 5.41) is 12.3. The third-order valence-corrected chi connectivity index (χ3v) is 6.85. The normalized spacial score (nSPS) is 14.3. The van der Waals surface area contributed by atoms with Crippen molar-refractivity contribution < 1.29 is 4.79 Å². The van der Waals surface area contributed by atoms with Gasteiger partial charge in [-0.25, -0.2) is 4.52 Å². The van der Waals surface area contributed by atoms with E-state index in [1.807, 2.05) is 76.8 Å². The van der Waals surface area contributed by atoms with Gasteiger partial charge in [0.2, 0.25) is 0 Å². The average molecular weight is 480 g/mol. The summed E-state index contributed by atoms with van der Waals surface area (Å²) >= 11 is 0. The fourth-order valence-electron chi connectivity index (χ4n) is 5.05. The van der Waals surface area contributed by atoms with Gasteiger partial charge in [-0.2, -0.15) is 4.98 Å². The minimum Gasteiger partial charge on any atom is -0.364 e. The number of carbonyl (C=O) groups excluding carboxylic acids is 1. The van der Waals surface area contributed by atoms with Crippen molar-refractivity contribution in [2.75, 3.05) is 32.0 Å². The first-order valence-corrected chi connectivity index (χ1v) is 12.3. The first kappa shape index (κ1) is 22.3. The van der Waals surface area contributed by atoms with Crippen molar-refractivity contribution in [3.8, 4) is 5.95 Å². The molecule has 1 aliphatic rings. The molecule has 8 heteroatoms. The van der Waals surface area contributed by atoms with Crippen LogP contribution in [0.25, 0.3) is 22.4 Å². The summed E-state index contributed by atoms with van der Waals surface area (Å²) in [5.74, 6) is 1.79. The van der Waals surface area contributed by atoms with Crippen LogP contribution >= 0.6 is 0 Å². The minimum absolute atomic E-state index is 0.0423. The quantitative estimate of drug-likeness (QED) is 0.370. The van der Waals surface area contributed by atoms with Crippen LogP contribution in [-0.2, 0) is 6.54 Å². The van der Waals surface area contributed by atoms with Gasteiger partial charge in [0.05, 0.1) is 5.52 Å². The summed E-state index contributed by atoms with van der Waals surface area (Å²) in [7, 11) is 2.10. The van der Waals surface area contributed by atoms with E-state index in [9.17, 15) is 4.79 Å². The fourth-order valence-corrected chi connectivity index (χ4v) is 5.05. The van der Waals surface area contributed by atoms with Crippen LogP contribution in [0.4, 0.5) is 5.82 Å². The van der Waals surface area contributed by atoms with Gasteiger partial charge < -0.3 is 15.5 Å². The second kappa shape index (κ2) is 9.13. The highest BCUT2D eigenvalue weighted by Crippen LogP contribution is 2.27. The smallest absolute Gasteiger partial charge is 0.254 e. The van der Waals surface area contributed by atoms with Gasteiger partial charge in [0.25, 0.3) is 11.9 Å². The number of rotatable bonds is 7. The van der Waals surface area contributed by atoms with Crippen LogP contribution in [0.5, 0.6) is 0 Å². The number of amides is 1. The van der Waals surface area contributed by atoms with E-state index in [2.05, 4.69) is 34.7 Å². The van der Waals surface area contributed by atoms with E-state index >= 15 is 0 Å². The van der Waals surface area contributed by atoms with Crippen molar-refractivity contribution in [3.63, 3.8) is 0 Å². The summed E-state index contributed by atoms with van der Waals surface area (Å²) in [6.45, 7) is 5.43. The molecule has 5 aromatic rings. The molecule has 2 N–H and O–H groups in total. The Morgan fingerprint density at radius 3 is 2.64 bits per heavy atom. The molecule has 8 nitrogen and oxygen atoms in total. The first-order chi connectivity index (χ1) is 17.6. The average Bonchev–Trinajstić information content (AvgIpc) is 3.48. The van der Waals surface area contributed by atoms with E-state index in [0.717, 1.165) is 41.0 Å². The number of hydrogen-bond donors (Lipinski definition) is 2. The van der Waals surface area contributed by atoms with Crippen LogP contribution < -0.4 is 10.6 Å². The molecular formula is C28H29N7O. The number of nitrogens with zero attached hydrogens (tertiary/aromatic N) is 5. The lowest BCUT2D eigenvalue weighted by Crippen LogP contribution is -2.49. The van der Waals surface area contributed by atoms with E-state index < -0.39 is 0 Å². The van der Waals surface area contributed by atoms with Gasteiger partial charge >= 0.3 is 0 Å². The number of fused-ring (bicyclic) bond motifs is 2. The molecule has 0 radical (unpaired) electrons. The van der Waals surface area contributed by atoms with Crippen LogP contribution in [-0.4, -0.2) is 56.7 Å². The van der Waals surface area contributed by atoms with Gasteiger partial charge in [-0.05, 0) is 49.9 Å². The zero-order valence-corrected chi connectivity index (χ0v) is 20.5. The molecule has 3 aromatic heterocycles. The Hall–Kier alpha value is -4.17. The molecule has 0 saturated carbocycles. The van der Waals surface area contributed by atoms with Crippen LogP contribution in [0.2, 0.25) is 0 Å². The van der Waals surface area contributed by atoms with E-state index in [-0.39, 0.29) is 5.91 Å². The molecule has 36 heavy (non-hydrogen) atoms. The van der Waals surface area contributed by atoms with Gasteiger partial charge in [-0.1, -0.05) is 36.4 Å². The highest BCUT2D eigenvalue weighted by molar-refractivity contribution is 6.07. The minimum atomic E-state index is -0.0423. The first-order valence-electron chi connectivity index (χ1n) is 12.3. The zero-order chi connectivity index (χ0) is 24.6. The van der Waals surface area contributed by atoms with Gasteiger partial charge in [0, 0.05) is 54.9 Å². The third-order valence-electron chi connectivity index (χ3n) is 6.85. The van der Waals surface area contributed by atoms with Crippen molar-refractivity contribution in [2.45, 2.75) is 13.5 Å². The number of likely N-dealkylation sites (tertiary alicyclic amines) is 1. The van der Waals surface area contributed by atoms with E-state index in [0.29, 0.717) is 30.5 Å². The number of hydrogen-bond acceptors (Lipinski definition) is 5. The number of anilines is 1. The number of carbonyl (C=O) groups is 1. The molecule has 1 amide bonds. The highest BCUT2D eigenvalue weighted by atomic mass is 16.1. The largest absolute Gasteiger partial charge is 0.364 e. The standard InChI is InChI=1S/C28H29N7O/c1-19-14-23-22(27(36)30-16-21-17-33(2)18-21)10-6-11-24(23)35(19)28-31-26(25-12-7-13-34(25)32-28)29-15-20-8-4-3-5-9-20/h3-14,21H,15-18H2,1-2H3,(H,30,36)(H,29,31,32). The van der Waals surface area contributed by atoms with Crippen molar-refractivity contribution in [1.29, 1.82) is 0 Å². The van der Waals surface area contributed by atoms with Crippen LogP contribution in [0, 0.1) is 12.8 Å². The van der Waals surface area contributed by atoms with Crippen LogP contribution in [0.15, 0.2) is 72.9 Å². The van der Waals surface area contributed by atoms with Gasteiger partial charge in [-0.3, -0.25) is 9.36 Å². The molecule has 1 fully saturated rings. The molecule has 0 atom stereocenters. The lowest BCUT2D eigenvalue weighted by Gasteiger charge is -2.36. The highest BCUT2D eigenvalue weighted by Gasteiger charge is 2.24. The van der Waals surface area contributed by atoms with Crippen LogP contribution in [0.3, 0.4) is 0 Å². The summed E-state index contributed by atoms with van der Waals surface area (Å²) in [6, 6.07) is 22.1. The Bertz CT molecular complexity index is 1550. The Labute approximate surface area is 209 Å².